The number of hydrogen-bond acceptors (Lipinski definition) is 9. The number of nitrogens with one attached hydrogen (secondary N) is 3. The van der Waals surface area contributed by atoms with Gasteiger partial charge in [-0.25, -0.2) is 4.79 Å². The minimum Gasteiger partial charge on any atom is -0.460 e. The van der Waals surface area contributed by atoms with Crippen LogP contribution in [-0.4, -0.2) is 71.0 Å². The number of carbonyl (C=O) groups is 5. The van der Waals surface area contributed by atoms with E-state index in [2.05, 4.69) is 28.6 Å². The molecule has 0 aromatic rings. The lowest BCUT2D eigenvalue weighted by Gasteiger charge is -2.26. The minimum atomic E-state index is -1.38. The van der Waals surface area contributed by atoms with E-state index in [-0.39, 0.29) is 5.75 Å². The van der Waals surface area contributed by atoms with Crippen molar-refractivity contribution in [2.75, 3.05) is 12.3 Å². The van der Waals surface area contributed by atoms with Gasteiger partial charge in [0.25, 0.3) is 0 Å². The number of carbonyl (C=O) groups excluding carboxylic acids is 5. The van der Waals surface area contributed by atoms with E-state index in [0.29, 0.717) is 0 Å². The second kappa shape index (κ2) is 12.8. The third kappa shape index (κ3) is 15.4. The van der Waals surface area contributed by atoms with E-state index in [1.807, 2.05) is 0 Å². The van der Waals surface area contributed by atoms with E-state index in [1.54, 1.807) is 62.3 Å². The average Bonchev–Trinajstić information content (AvgIpc) is 2.58. The fraction of sp³-hybridized carbons (Fsp3) is 0.773. The zero-order chi connectivity index (χ0) is 26.9. The Morgan fingerprint density at radius 2 is 1.15 bits per heavy atom. The third-order valence-corrected chi connectivity index (χ3v) is 3.81. The predicted molar refractivity (Wildman–Crippen MR) is 128 cm³/mol. The lowest BCUT2D eigenvalue weighted by molar-refractivity contribution is -0.157. The smallest absolute Gasteiger partial charge is 0.408 e. The Bertz CT molecular complexity index is 721. The van der Waals surface area contributed by atoms with Crippen molar-refractivity contribution in [1.29, 1.82) is 0 Å². The fourth-order valence-corrected chi connectivity index (χ4v) is 2.59. The molecule has 0 aliphatic carbocycles. The number of esters is 2. The Hall–Kier alpha value is -2.50. The number of rotatable bonds is 9. The van der Waals surface area contributed by atoms with Crippen LogP contribution in [0.2, 0.25) is 0 Å². The van der Waals surface area contributed by atoms with Gasteiger partial charge in [0, 0.05) is 5.75 Å². The van der Waals surface area contributed by atoms with Crippen LogP contribution in [0.25, 0.3) is 0 Å². The molecule has 0 radical (unpaired) electrons. The van der Waals surface area contributed by atoms with Crippen LogP contribution in [0.15, 0.2) is 0 Å². The van der Waals surface area contributed by atoms with E-state index in [4.69, 9.17) is 14.2 Å². The first-order valence-corrected chi connectivity index (χ1v) is 11.5. The molecule has 2 atom stereocenters. The molecule has 0 saturated carbocycles. The summed E-state index contributed by atoms with van der Waals surface area (Å²) in [7, 11) is 0. The summed E-state index contributed by atoms with van der Waals surface area (Å²) in [5.41, 5.74) is -2.37. The second-order valence-corrected chi connectivity index (χ2v) is 10.9. The van der Waals surface area contributed by atoms with Gasteiger partial charge in [0.05, 0.1) is 6.42 Å². The molecule has 3 amide bonds. The van der Waals surface area contributed by atoms with Crippen LogP contribution in [0.4, 0.5) is 4.79 Å². The van der Waals surface area contributed by atoms with Crippen molar-refractivity contribution >= 4 is 42.5 Å². The van der Waals surface area contributed by atoms with Crippen molar-refractivity contribution in [3.63, 3.8) is 0 Å². The van der Waals surface area contributed by atoms with E-state index in [0.717, 1.165) is 0 Å². The Labute approximate surface area is 206 Å². The highest BCUT2D eigenvalue weighted by atomic mass is 32.1. The van der Waals surface area contributed by atoms with E-state index in [1.165, 1.54) is 0 Å². The Kier molecular flexibility index (Phi) is 11.9. The van der Waals surface area contributed by atoms with Gasteiger partial charge >= 0.3 is 18.0 Å². The second-order valence-electron chi connectivity index (χ2n) is 10.5. The lowest BCUT2D eigenvalue weighted by Crippen LogP contribution is -2.56. The zero-order valence-corrected chi connectivity index (χ0v) is 22.4. The SMILES string of the molecule is CC(C)(C)OC(=O)CNC(=O)[C@H](CS)NC(=O)[C@H](CC(=O)OC(C)(C)C)NC(=O)OC(C)(C)C. The number of alkyl carbamates (subject to hydrolysis) is 1. The molecule has 12 heteroatoms. The number of amides is 3. The summed E-state index contributed by atoms with van der Waals surface area (Å²) in [6.07, 6.45) is -1.42. The molecule has 0 aromatic heterocycles. The molecule has 0 bridgehead atoms. The number of ether oxygens (including phenoxy) is 3. The van der Waals surface area contributed by atoms with E-state index >= 15 is 0 Å². The first-order valence-electron chi connectivity index (χ1n) is 10.8. The molecule has 196 valence electrons. The van der Waals surface area contributed by atoms with Crippen LogP contribution in [-0.2, 0) is 33.4 Å². The number of thiol groups is 1. The largest absolute Gasteiger partial charge is 0.460 e. The maximum Gasteiger partial charge on any atom is 0.408 e. The summed E-state index contributed by atoms with van der Waals surface area (Å²) < 4.78 is 15.5. The molecule has 0 heterocycles. The van der Waals surface area contributed by atoms with E-state index < -0.39 is 71.7 Å². The Morgan fingerprint density at radius 1 is 0.676 bits per heavy atom. The van der Waals surface area contributed by atoms with Crippen LogP contribution >= 0.6 is 12.6 Å². The molecular weight excluding hydrogens is 466 g/mol. The fourth-order valence-electron chi connectivity index (χ4n) is 2.34. The molecule has 0 aliphatic rings. The van der Waals surface area contributed by atoms with Crippen LogP contribution in [0.3, 0.4) is 0 Å². The summed E-state index contributed by atoms with van der Waals surface area (Å²) in [6.45, 7) is 14.6. The zero-order valence-electron chi connectivity index (χ0n) is 21.5. The molecule has 0 aromatic carbocycles. The highest BCUT2D eigenvalue weighted by molar-refractivity contribution is 7.80. The van der Waals surface area contributed by atoms with Gasteiger partial charge in [-0.3, -0.25) is 19.2 Å². The summed E-state index contributed by atoms with van der Waals surface area (Å²) in [6, 6.07) is -2.54. The van der Waals surface area contributed by atoms with Crippen molar-refractivity contribution in [3.05, 3.63) is 0 Å². The van der Waals surface area contributed by atoms with Gasteiger partial charge in [-0.2, -0.15) is 12.6 Å². The van der Waals surface area contributed by atoms with Crippen LogP contribution in [0, 0.1) is 0 Å². The van der Waals surface area contributed by atoms with Gasteiger partial charge < -0.3 is 30.2 Å². The normalized spacial score (nSPS) is 13.7. The molecule has 0 rings (SSSR count). The highest BCUT2D eigenvalue weighted by Gasteiger charge is 2.31. The predicted octanol–water partition coefficient (Wildman–Crippen LogP) is 1.48. The Balaban J connectivity index is 5.30. The number of hydrogen-bond donors (Lipinski definition) is 4. The third-order valence-electron chi connectivity index (χ3n) is 3.44. The van der Waals surface area contributed by atoms with Crippen LogP contribution in [0.5, 0.6) is 0 Å². The van der Waals surface area contributed by atoms with Gasteiger partial charge in [-0.05, 0) is 62.3 Å². The first kappa shape index (κ1) is 31.5. The molecule has 0 fully saturated rings. The van der Waals surface area contributed by atoms with Gasteiger partial charge in [0.2, 0.25) is 11.8 Å². The van der Waals surface area contributed by atoms with Crippen LogP contribution < -0.4 is 16.0 Å². The first-order chi connectivity index (χ1) is 15.2. The quantitative estimate of drug-likeness (QED) is 0.209. The maximum absolute atomic E-state index is 12.9. The van der Waals surface area contributed by atoms with Crippen molar-refractivity contribution in [3.8, 4) is 0 Å². The van der Waals surface area contributed by atoms with Gasteiger partial charge in [-0.1, -0.05) is 0 Å². The molecule has 0 aliphatic heterocycles. The maximum atomic E-state index is 12.9. The topological polar surface area (TPSA) is 149 Å². The molecule has 34 heavy (non-hydrogen) atoms. The van der Waals surface area contributed by atoms with Crippen molar-refractivity contribution in [2.45, 2.75) is 97.6 Å². The van der Waals surface area contributed by atoms with Crippen molar-refractivity contribution in [2.24, 2.45) is 0 Å². The van der Waals surface area contributed by atoms with Crippen LogP contribution in [0.1, 0.15) is 68.7 Å². The average molecular weight is 506 g/mol. The van der Waals surface area contributed by atoms with E-state index in [9.17, 15) is 24.0 Å². The minimum absolute atomic E-state index is 0.114. The Morgan fingerprint density at radius 3 is 1.59 bits per heavy atom. The summed E-state index contributed by atoms with van der Waals surface area (Å²) in [4.78, 5) is 61.6. The monoisotopic (exact) mass is 505 g/mol. The molecule has 0 unspecified atom stereocenters. The van der Waals surface area contributed by atoms with Gasteiger partial charge in [0.15, 0.2) is 0 Å². The summed E-state index contributed by atoms with van der Waals surface area (Å²) >= 11 is 4.07. The highest BCUT2D eigenvalue weighted by Crippen LogP contribution is 2.11. The summed E-state index contributed by atoms with van der Waals surface area (Å²) in [5.74, 6) is -3.03. The van der Waals surface area contributed by atoms with Gasteiger partial charge in [0.1, 0.15) is 35.4 Å². The molecule has 3 N–H and O–H groups in total. The van der Waals surface area contributed by atoms with Crippen molar-refractivity contribution < 1.29 is 38.2 Å². The lowest BCUT2D eigenvalue weighted by atomic mass is 10.1. The molecule has 0 saturated heterocycles. The van der Waals surface area contributed by atoms with Crippen molar-refractivity contribution in [1.82, 2.24) is 16.0 Å². The summed E-state index contributed by atoms with van der Waals surface area (Å²) in [5, 5.41) is 7.11. The molecule has 11 nitrogen and oxygen atoms in total. The standard InChI is InChI=1S/C22H39N3O8S/c1-20(2,3)31-15(26)10-13(25-19(30)33-22(7,8)9)18(29)24-14(12-34)17(28)23-11-16(27)32-21(4,5)6/h13-14,34H,10-12H2,1-9H3,(H,23,28)(H,24,29)(H,25,30)/t13-,14-/m0/s1. The molecule has 0 spiro atoms. The molecular formula is C22H39N3O8S. The van der Waals surface area contributed by atoms with Gasteiger partial charge in [-0.15, -0.1) is 0 Å².